The van der Waals surface area contributed by atoms with Crippen LogP contribution in [0.2, 0.25) is 0 Å². The van der Waals surface area contributed by atoms with Gasteiger partial charge in [0.1, 0.15) is 6.61 Å². The van der Waals surface area contributed by atoms with Crippen molar-refractivity contribution < 1.29 is 14.9 Å². The molecule has 0 spiro atoms. The number of hydrogen-bond donors (Lipinski definition) is 2. The molecule has 32 heavy (non-hydrogen) atoms. The topological polar surface area (TPSA) is 62.0 Å². The van der Waals surface area contributed by atoms with Crippen LogP contribution in [0.25, 0.3) is 0 Å². The highest BCUT2D eigenvalue weighted by atomic mass is 16.5. The first-order valence-corrected chi connectivity index (χ1v) is 13.6. The zero-order valence-electron chi connectivity index (χ0n) is 21.1. The Labute approximate surface area is 195 Å². The molecule has 1 aliphatic heterocycles. The maximum atomic E-state index is 11.4. The summed E-state index contributed by atoms with van der Waals surface area (Å²) < 4.78 is 5.87. The molecule has 5 rings (SSSR count). The van der Waals surface area contributed by atoms with Crippen molar-refractivity contribution in [2.75, 3.05) is 6.61 Å². The summed E-state index contributed by atoms with van der Waals surface area (Å²) in [5.41, 5.74) is 0.622. The standard InChI is InChI=1S/C28H47NO3/c1-17(6-9-24-29-26(2,3)16-32-24)20-7-8-21-25-22(11-13-28(20,21)5)27(4)12-10-19(30)14-18(27)15-23(25)31/h17-23,25,30-31H,6-16H2,1-5H3/t17-,18+,19-,20-,21+,22+,23+,25+,27+,28-/m1/s1. The molecule has 2 N–H and O–H groups in total. The third-order valence-electron chi connectivity index (χ3n) is 11.2. The van der Waals surface area contributed by atoms with E-state index in [4.69, 9.17) is 9.73 Å². The summed E-state index contributed by atoms with van der Waals surface area (Å²) in [5.74, 6) is 4.64. The second-order valence-electron chi connectivity index (χ2n) is 13.6. The lowest BCUT2D eigenvalue weighted by Crippen LogP contribution is -2.58. The number of aliphatic hydroxyl groups excluding tert-OH is 2. The van der Waals surface area contributed by atoms with Gasteiger partial charge in [0.15, 0.2) is 5.90 Å². The third-order valence-corrected chi connectivity index (χ3v) is 11.2. The van der Waals surface area contributed by atoms with Crippen LogP contribution in [0, 0.1) is 46.3 Å². The molecule has 182 valence electrons. The average molecular weight is 446 g/mol. The fourth-order valence-corrected chi connectivity index (χ4v) is 9.52. The van der Waals surface area contributed by atoms with Gasteiger partial charge < -0.3 is 14.9 Å². The number of aliphatic hydroxyl groups is 2. The monoisotopic (exact) mass is 445 g/mol. The Balaban J connectivity index is 1.30. The summed E-state index contributed by atoms with van der Waals surface area (Å²) in [6.07, 6.45) is 10.9. The molecule has 0 aromatic carbocycles. The third kappa shape index (κ3) is 3.67. The molecule has 10 atom stereocenters. The first-order valence-electron chi connectivity index (χ1n) is 13.6. The number of ether oxygens (including phenoxy) is 1. The van der Waals surface area contributed by atoms with E-state index in [1.54, 1.807) is 0 Å². The van der Waals surface area contributed by atoms with Gasteiger partial charge in [-0.1, -0.05) is 20.8 Å². The van der Waals surface area contributed by atoms with E-state index >= 15 is 0 Å². The largest absolute Gasteiger partial charge is 0.478 e. The van der Waals surface area contributed by atoms with Gasteiger partial charge in [-0.3, -0.25) is 0 Å². The van der Waals surface area contributed by atoms with Crippen LogP contribution in [-0.4, -0.2) is 40.5 Å². The smallest absolute Gasteiger partial charge is 0.183 e. The van der Waals surface area contributed by atoms with Crippen molar-refractivity contribution in [2.24, 2.45) is 51.3 Å². The van der Waals surface area contributed by atoms with E-state index in [1.165, 1.54) is 25.7 Å². The Morgan fingerprint density at radius 3 is 2.41 bits per heavy atom. The quantitative estimate of drug-likeness (QED) is 0.592. The molecule has 0 amide bonds. The van der Waals surface area contributed by atoms with Crippen molar-refractivity contribution in [1.29, 1.82) is 0 Å². The Bertz CT molecular complexity index is 749. The zero-order chi connectivity index (χ0) is 22.9. The van der Waals surface area contributed by atoms with Crippen LogP contribution in [0.5, 0.6) is 0 Å². The fourth-order valence-electron chi connectivity index (χ4n) is 9.52. The molecule has 0 aromatic rings. The molecule has 5 aliphatic rings. The van der Waals surface area contributed by atoms with Gasteiger partial charge >= 0.3 is 0 Å². The van der Waals surface area contributed by atoms with Gasteiger partial charge in [0.2, 0.25) is 0 Å². The molecule has 4 aliphatic carbocycles. The van der Waals surface area contributed by atoms with Crippen LogP contribution in [0.4, 0.5) is 0 Å². The molecule has 4 heteroatoms. The van der Waals surface area contributed by atoms with Gasteiger partial charge in [0.05, 0.1) is 17.7 Å². The lowest BCUT2D eigenvalue weighted by molar-refractivity contribution is -0.174. The van der Waals surface area contributed by atoms with Crippen molar-refractivity contribution in [3.63, 3.8) is 0 Å². The summed E-state index contributed by atoms with van der Waals surface area (Å²) in [4.78, 5) is 4.78. The molecule has 4 fully saturated rings. The molecule has 0 saturated heterocycles. The molecular formula is C28H47NO3. The summed E-state index contributed by atoms with van der Waals surface area (Å²) in [6, 6.07) is 0. The number of fused-ring (bicyclic) bond motifs is 5. The maximum absolute atomic E-state index is 11.4. The van der Waals surface area contributed by atoms with Crippen LogP contribution < -0.4 is 0 Å². The number of hydrogen-bond acceptors (Lipinski definition) is 4. The van der Waals surface area contributed by atoms with E-state index in [2.05, 4.69) is 34.6 Å². The van der Waals surface area contributed by atoms with Crippen molar-refractivity contribution in [2.45, 2.75) is 117 Å². The average Bonchev–Trinajstić information content (AvgIpc) is 3.26. The number of rotatable bonds is 4. The van der Waals surface area contributed by atoms with Gasteiger partial charge in [0, 0.05) is 6.42 Å². The maximum Gasteiger partial charge on any atom is 0.183 e. The summed E-state index contributed by atoms with van der Waals surface area (Å²) in [6.45, 7) is 12.6. The van der Waals surface area contributed by atoms with Crippen LogP contribution in [-0.2, 0) is 4.74 Å². The first-order chi connectivity index (χ1) is 15.0. The Hall–Kier alpha value is -0.610. The second kappa shape index (κ2) is 7.97. The highest BCUT2D eigenvalue weighted by Gasteiger charge is 2.62. The predicted octanol–water partition coefficient (Wildman–Crippen LogP) is 5.60. The van der Waals surface area contributed by atoms with E-state index < -0.39 is 0 Å². The molecule has 1 heterocycles. The summed E-state index contributed by atoms with van der Waals surface area (Å²) in [7, 11) is 0. The molecule has 0 aromatic heterocycles. The normalized spacial score (nSPS) is 50.6. The van der Waals surface area contributed by atoms with E-state index in [1.807, 2.05) is 0 Å². The van der Waals surface area contributed by atoms with Crippen molar-refractivity contribution in [3.8, 4) is 0 Å². The summed E-state index contributed by atoms with van der Waals surface area (Å²) in [5, 5.41) is 21.7. The van der Waals surface area contributed by atoms with Gasteiger partial charge in [-0.15, -0.1) is 0 Å². The molecule has 0 bridgehead atoms. The van der Waals surface area contributed by atoms with Crippen LogP contribution in [0.3, 0.4) is 0 Å². The lowest BCUT2D eigenvalue weighted by Gasteiger charge is -2.62. The van der Waals surface area contributed by atoms with E-state index in [-0.39, 0.29) is 17.7 Å². The van der Waals surface area contributed by atoms with Crippen molar-refractivity contribution in [1.82, 2.24) is 0 Å². The fraction of sp³-hybridized carbons (Fsp3) is 0.964. The minimum atomic E-state index is -0.175. The number of aliphatic imine (C=N–C) groups is 1. The lowest BCUT2D eigenvalue weighted by atomic mass is 9.43. The Morgan fingerprint density at radius 1 is 0.969 bits per heavy atom. The molecular weight excluding hydrogens is 398 g/mol. The van der Waals surface area contributed by atoms with E-state index in [9.17, 15) is 10.2 Å². The van der Waals surface area contributed by atoms with Crippen LogP contribution in [0.1, 0.15) is 98.8 Å². The molecule has 4 nitrogen and oxygen atoms in total. The minimum Gasteiger partial charge on any atom is -0.478 e. The van der Waals surface area contributed by atoms with Gasteiger partial charge in [0.25, 0.3) is 0 Å². The van der Waals surface area contributed by atoms with Crippen LogP contribution in [0.15, 0.2) is 4.99 Å². The highest BCUT2D eigenvalue weighted by molar-refractivity contribution is 5.78. The van der Waals surface area contributed by atoms with Gasteiger partial charge in [-0.25, -0.2) is 4.99 Å². The Morgan fingerprint density at radius 2 is 1.69 bits per heavy atom. The molecule has 0 unspecified atom stereocenters. The molecule has 4 saturated carbocycles. The van der Waals surface area contributed by atoms with Gasteiger partial charge in [-0.05, 0) is 118 Å². The first kappa shape index (κ1) is 23.1. The van der Waals surface area contributed by atoms with E-state index in [0.29, 0.717) is 40.4 Å². The predicted molar refractivity (Wildman–Crippen MR) is 128 cm³/mol. The zero-order valence-corrected chi connectivity index (χ0v) is 21.1. The van der Waals surface area contributed by atoms with Gasteiger partial charge in [-0.2, -0.15) is 0 Å². The molecule has 0 radical (unpaired) electrons. The van der Waals surface area contributed by atoms with E-state index in [0.717, 1.165) is 56.9 Å². The van der Waals surface area contributed by atoms with Crippen LogP contribution >= 0.6 is 0 Å². The second-order valence-corrected chi connectivity index (χ2v) is 13.6. The highest BCUT2D eigenvalue weighted by Crippen LogP contribution is 2.68. The summed E-state index contributed by atoms with van der Waals surface area (Å²) >= 11 is 0. The Kier molecular flexibility index (Phi) is 5.76. The van der Waals surface area contributed by atoms with Crippen molar-refractivity contribution >= 4 is 5.90 Å². The SMILES string of the molecule is C[C@H](CCC1=NC(C)(C)CO1)[C@H]1CC[C@H]2[C@@H]3[C@@H](O)C[C@@H]4C[C@H](O)CC[C@]4(C)[C@H]3CC[C@]12C. The van der Waals surface area contributed by atoms with Crippen molar-refractivity contribution in [3.05, 3.63) is 0 Å². The number of nitrogens with zero attached hydrogens (tertiary/aromatic N) is 1. The minimum absolute atomic E-state index is 0.0539.